The molecular weight excluding hydrogens is 234 g/mol. The molecule has 0 aliphatic carbocycles. The van der Waals surface area contributed by atoms with Crippen LogP contribution in [0.3, 0.4) is 0 Å². The smallest absolute Gasteiger partial charge is 0.269 e. The first-order chi connectivity index (χ1) is 8.65. The van der Waals surface area contributed by atoms with Crippen molar-refractivity contribution in [3.05, 3.63) is 51.8 Å². The molecule has 0 spiro atoms. The van der Waals surface area contributed by atoms with Crippen molar-refractivity contribution in [1.82, 2.24) is 20.3 Å². The molecule has 0 saturated heterocycles. The van der Waals surface area contributed by atoms with E-state index >= 15 is 0 Å². The van der Waals surface area contributed by atoms with Crippen molar-refractivity contribution in [3.63, 3.8) is 0 Å². The van der Waals surface area contributed by atoms with E-state index in [2.05, 4.69) is 15.6 Å². The summed E-state index contributed by atoms with van der Waals surface area (Å²) in [5.74, 6) is 0. The predicted molar refractivity (Wildman–Crippen MR) is 64.6 cm³/mol. The first kappa shape index (κ1) is 12.2. The predicted octanol–water partition coefficient (Wildman–Crippen LogP) is 1.01. The minimum absolute atomic E-state index is 0.104. The second-order valence-corrected chi connectivity index (χ2v) is 3.91. The van der Waals surface area contributed by atoms with Gasteiger partial charge in [-0.2, -0.15) is 0 Å². The van der Waals surface area contributed by atoms with Crippen LogP contribution >= 0.6 is 0 Å². The molecular formula is C11H13N5O2. The van der Waals surface area contributed by atoms with Gasteiger partial charge in [0, 0.05) is 38.5 Å². The van der Waals surface area contributed by atoms with Gasteiger partial charge in [-0.25, -0.2) is 0 Å². The van der Waals surface area contributed by atoms with Gasteiger partial charge in [-0.3, -0.25) is 14.8 Å². The van der Waals surface area contributed by atoms with Gasteiger partial charge in [-0.05, 0) is 5.56 Å². The maximum atomic E-state index is 10.5. The average Bonchev–Trinajstić information content (AvgIpc) is 2.76. The van der Waals surface area contributed by atoms with Gasteiger partial charge in [-0.1, -0.05) is 17.3 Å². The van der Waals surface area contributed by atoms with E-state index in [9.17, 15) is 10.1 Å². The van der Waals surface area contributed by atoms with Crippen LogP contribution < -0.4 is 5.32 Å². The second kappa shape index (κ2) is 5.37. The van der Waals surface area contributed by atoms with Crippen molar-refractivity contribution >= 4 is 5.69 Å². The third-order valence-electron chi connectivity index (χ3n) is 2.43. The van der Waals surface area contributed by atoms with E-state index < -0.39 is 4.92 Å². The molecule has 0 saturated carbocycles. The zero-order valence-electron chi connectivity index (χ0n) is 9.91. The number of nitro benzene ring substituents is 1. The Hall–Kier alpha value is -2.28. The summed E-state index contributed by atoms with van der Waals surface area (Å²) in [6.07, 6.45) is 1.84. The van der Waals surface area contributed by atoms with Gasteiger partial charge >= 0.3 is 0 Å². The Balaban J connectivity index is 1.85. The maximum absolute atomic E-state index is 10.5. The SMILES string of the molecule is Cn1cc(CNCc2ccc([N+](=O)[O-])cc2)nn1. The Morgan fingerprint density at radius 1 is 1.33 bits per heavy atom. The largest absolute Gasteiger partial charge is 0.307 e. The summed E-state index contributed by atoms with van der Waals surface area (Å²) in [6.45, 7) is 1.25. The molecule has 0 aliphatic heterocycles. The molecule has 0 bridgehead atoms. The summed E-state index contributed by atoms with van der Waals surface area (Å²) in [7, 11) is 1.81. The van der Waals surface area contributed by atoms with Crippen molar-refractivity contribution in [2.75, 3.05) is 0 Å². The molecule has 1 heterocycles. The Morgan fingerprint density at radius 2 is 2.06 bits per heavy atom. The number of nitro groups is 1. The van der Waals surface area contributed by atoms with Crippen LogP contribution in [-0.4, -0.2) is 19.9 Å². The molecule has 2 aromatic rings. The summed E-state index contributed by atoms with van der Waals surface area (Å²) in [5, 5.41) is 21.5. The summed E-state index contributed by atoms with van der Waals surface area (Å²) in [4.78, 5) is 10.1. The van der Waals surface area contributed by atoms with Crippen molar-refractivity contribution < 1.29 is 4.92 Å². The number of aromatic nitrogens is 3. The number of hydrogen-bond acceptors (Lipinski definition) is 5. The van der Waals surface area contributed by atoms with Crippen LogP contribution in [-0.2, 0) is 20.1 Å². The van der Waals surface area contributed by atoms with E-state index in [-0.39, 0.29) is 5.69 Å². The first-order valence-electron chi connectivity index (χ1n) is 5.44. The van der Waals surface area contributed by atoms with Crippen LogP contribution in [0.2, 0.25) is 0 Å². The zero-order chi connectivity index (χ0) is 13.0. The minimum Gasteiger partial charge on any atom is -0.307 e. The molecule has 7 heteroatoms. The van der Waals surface area contributed by atoms with Gasteiger partial charge < -0.3 is 5.32 Å². The fraction of sp³-hybridized carbons (Fsp3) is 0.273. The highest BCUT2D eigenvalue weighted by atomic mass is 16.6. The highest BCUT2D eigenvalue weighted by Crippen LogP contribution is 2.11. The molecule has 18 heavy (non-hydrogen) atoms. The number of benzene rings is 1. The number of hydrogen-bond donors (Lipinski definition) is 1. The minimum atomic E-state index is -0.406. The van der Waals surface area contributed by atoms with Crippen molar-refractivity contribution in [2.45, 2.75) is 13.1 Å². The molecule has 1 aromatic heterocycles. The van der Waals surface area contributed by atoms with Crippen LogP contribution in [0.25, 0.3) is 0 Å². The van der Waals surface area contributed by atoms with Crippen LogP contribution in [0.1, 0.15) is 11.3 Å². The number of non-ortho nitro benzene ring substituents is 1. The second-order valence-electron chi connectivity index (χ2n) is 3.91. The van der Waals surface area contributed by atoms with E-state index in [1.54, 1.807) is 16.8 Å². The summed E-state index contributed by atoms with van der Waals surface area (Å²) >= 11 is 0. The van der Waals surface area contributed by atoms with E-state index in [1.807, 2.05) is 13.2 Å². The lowest BCUT2D eigenvalue weighted by Gasteiger charge is -2.02. The summed E-state index contributed by atoms with van der Waals surface area (Å²) in [5.41, 5.74) is 1.96. The third kappa shape index (κ3) is 3.11. The molecule has 1 N–H and O–H groups in total. The van der Waals surface area contributed by atoms with Gasteiger partial charge in [0.1, 0.15) is 0 Å². The highest BCUT2D eigenvalue weighted by molar-refractivity contribution is 5.32. The molecule has 0 atom stereocenters. The van der Waals surface area contributed by atoms with Crippen molar-refractivity contribution in [3.8, 4) is 0 Å². The number of nitrogens with one attached hydrogen (secondary N) is 1. The van der Waals surface area contributed by atoms with Gasteiger partial charge in [0.15, 0.2) is 0 Å². The molecule has 94 valence electrons. The average molecular weight is 247 g/mol. The lowest BCUT2D eigenvalue weighted by molar-refractivity contribution is -0.384. The lowest BCUT2D eigenvalue weighted by atomic mass is 10.2. The quantitative estimate of drug-likeness (QED) is 0.629. The Bertz CT molecular complexity index is 535. The van der Waals surface area contributed by atoms with Crippen LogP contribution in [0.4, 0.5) is 5.69 Å². The molecule has 1 aromatic carbocycles. The number of rotatable bonds is 5. The Labute approximate surface area is 104 Å². The van der Waals surface area contributed by atoms with E-state index in [1.165, 1.54) is 12.1 Å². The van der Waals surface area contributed by atoms with E-state index in [4.69, 9.17) is 0 Å². The van der Waals surface area contributed by atoms with Gasteiger partial charge in [0.25, 0.3) is 5.69 Å². The molecule has 2 rings (SSSR count). The number of aryl methyl sites for hydroxylation is 1. The normalized spacial score (nSPS) is 10.5. The Kier molecular flexibility index (Phi) is 3.63. The van der Waals surface area contributed by atoms with Gasteiger partial charge in [0.05, 0.1) is 10.6 Å². The molecule has 0 radical (unpaired) electrons. The lowest BCUT2D eigenvalue weighted by Crippen LogP contribution is -2.12. The fourth-order valence-corrected chi connectivity index (χ4v) is 1.55. The monoisotopic (exact) mass is 247 g/mol. The van der Waals surface area contributed by atoms with Gasteiger partial charge in [0.2, 0.25) is 0 Å². The standard InChI is InChI=1S/C11H13N5O2/c1-15-8-10(13-14-15)7-12-6-9-2-4-11(5-3-9)16(17)18/h2-5,8,12H,6-7H2,1H3. The zero-order valence-corrected chi connectivity index (χ0v) is 9.91. The summed E-state index contributed by atoms with van der Waals surface area (Å²) < 4.78 is 1.64. The molecule has 0 aliphatic rings. The molecule has 0 amide bonds. The maximum Gasteiger partial charge on any atom is 0.269 e. The highest BCUT2D eigenvalue weighted by Gasteiger charge is 2.03. The van der Waals surface area contributed by atoms with Crippen molar-refractivity contribution in [2.24, 2.45) is 7.05 Å². The first-order valence-corrected chi connectivity index (χ1v) is 5.44. The Morgan fingerprint density at radius 3 is 2.61 bits per heavy atom. The third-order valence-corrected chi connectivity index (χ3v) is 2.43. The van der Waals surface area contributed by atoms with Crippen LogP contribution in [0.5, 0.6) is 0 Å². The fourth-order valence-electron chi connectivity index (χ4n) is 1.55. The van der Waals surface area contributed by atoms with Gasteiger partial charge in [-0.15, -0.1) is 5.10 Å². The molecule has 7 nitrogen and oxygen atoms in total. The van der Waals surface area contributed by atoms with Crippen LogP contribution in [0, 0.1) is 10.1 Å². The molecule has 0 fully saturated rings. The topological polar surface area (TPSA) is 85.9 Å². The van der Waals surface area contributed by atoms with Crippen molar-refractivity contribution in [1.29, 1.82) is 0 Å². The molecule has 0 unspecified atom stereocenters. The number of nitrogens with zero attached hydrogens (tertiary/aromatic N) is 4. The summed E-state index contributed by atoms with van der Waals surface area (Å²) in [6, 6.07) is 6.47. The van der Waals surface area contributed by atoms with E-state index in [0.29, 0.717) is 13.1 Å². The van der Waals surface area contributed by atoms with Crippen LogP contribution in [0.15, 0.2) is 30.5 Å². The van der Waals surface area contributed by atoms with E-state index in [0.717, 1.165) is 11.3 Å².